The molecule has 156 valence electrons. The lowest BCUT2D eigenvalue weighted by molar-refractivity contribution is -0.139. The molecule has 1 aliphatic rings. The molecule has 0 aliphatic carbocycles. The van der Waals surface area contributed by atoms with Crippen LogP contribution in [0.25, 0.3) is 6.08 Å². The van der Waals surface area contributed by atoms with E-state index in [2.05, 4.69) is 15.9 Å². The van der Waals surface area contributed by atoms with Gasteiger partial charge in [0.15, 0.2) is 6.61 Å². The van der Waals surface area contributed by atoms with Crippen molar-refractivity contribution in [3.05, 3.63) is 62.4 Å². The van der Waals surface area contributed by atoms with E-state index in [1.54, 1.807) is 48.5 Å². The summed E-state index contributed by atoms with van der Waals surface area (Å²) in [5, 5.41) is 8.91. The molecule has 3 rings (SSSR count). The molecule has 0 saturated carbocycles. The van der Waals surface area contributed by atoms with Crippen LogP contribution in [0.2, 0.25) is 5.02 Å². The van der Waals surface area contributed by atoms with E-state index in [1.165, 1.54) is 0 Å². The minimum absolute atomic E-state index is 0.121. The maximum absolute atomic E-state index is 12.6. The molecule has 10 heteroatoms. The summed E-state index contributed by atoms with van der Waals surface area (Å²) in [7, 11) is 0. The van der Waals surface area contributed by atoms with Crippen LogP contribution in [-0.2, 0) is 9.59 Å². The summed E-state index contributed by atoms with van der Waals surface area (Å²) in [5.41, 5.74) is 0.660. The second kappa shape index (κ2) is 10.0. The van der Waals surface area contributed by atoms with Gasteiger partial charge in [-0.1, -0.05) is 17.7 Å². The van der Waals surface area contributed by atoms with Gasteiger partial charge in [0, 0.05) is 5.02 Å². The van der Waals surface area contributed by atoms with E-state index in [9.17, 15) is 14.4 Å². The number of amides is 2. The predicted octanol–water partition coefficient (Wildman–Crippen LogP) is 4.68. The second-order valence-corrected chi connectivity index (χ2v) is 8.29. The van der Waals surface area contributed by atoms with E-state index in [0.29, 0.717) is 26.6 Å². The van der Waals surface area contributed by atoms with Gasteiger partial charge in [-0.25, -0.2) is 4.79 Å². The largest absolute Gasteiger partial charge is 0.492 e. The van der Waals surface area contributed by atoms with Crippen molar-refractivity contribution in [2.75, 3.05) is 19.8 Å². The highest BCUT2D eigenvalue weighted by Gasteiger charge is 2.34. The molecular formula is C20H15BrClNO6S. The summed E-state index contributed by atoms with van der Waals surface area (Å²) >= 11 is 9.98. The van der Waals surface area contributed by atoms with Gasteiger partial charge in [0.1, 0.15) is 18.1 Å². The molecule has 0 radical (unpaired) electrons. The Kier molecular flexibility index (Phi) is 7.41. The van der Waals surface area contributed by atoms with Gasteiger partial charge in [0.05, 0.1) is 15.9 Å². The van der Waals surface area contributed by atoms with Crippen LogP contribution in [-0.4, -0.2) is 46.9 Å². The molecule has 1 heterocycles. The predicted molar refractivity (Wildman–Crippen MR) is 117 cm³/mol. The third kappa shape index (κ3) is 5.78. The fourth-order valence-corrected chi connectivity index (χ4v) is 4.00. The average Bonchev–Trinajstić information content (AvgIpc) is 2.96. The van der Waals surface area contributed by atoms with Crippen molar-refractivity contribution in [3.63, 3.8) is 0 Å². The van der Waals surface area contributed by atoms with E-state index in [0.717, 1.165) is 16.7 Å². The number of ether oxygens (including phenoxy) is 2. The average molecular weight is 513 g/mol. The van der Waals surface area contributed by atoms with Gasteiger partial charge in [-0.05, 0) is 75.7 Å². The summed E-state index contributed by atoms with van der Waals surface area (Å²) in [6, 6.07) is 11.7. The van der Waals surface area contributed by atoms with Gasteiger partial charge < -0.3 is 14.6 Å². The smallest absolute Gasteiger partial charge is 0.341 e. The zero-order valence-electron chi connectivity index (χ0n) is 15.3. The normalized spacial score (nSPS) is 15.0. The molecule has 0 aromatic heterocycles. The molecule has 1 fully saturated rings. The van der Waals surface area contributed by atoms with Crippen LogP contribution in [0.4, 0.5) is 4.79 Å². The Morgan fingerprint density at radius 3 is 2.57 bits per heavy atom. The van der Waals surface area contributed by atoms with Gasteiger partial charge in [-0.2, -0.15) is 0 Å². The Morgan fingerprint density at radius 2 is 1.90 bits per heavy atom. The third-order valence-corrected chi connectivity index (χ3v) is 5.65. The number of carboxylic acids is 1. The van der Waals surface area contributed by atoms with Crippen molar-refractivity contribution in [1.82, 2.24) is 4.90 Å². The molecule has 1 aliphatic heterocycles. The van der Waals surface area contributed by atoms with Crippen molar-refractivity contribution in [2.24, 2.45) is 0 Å². The van der Waals surface area contributed by atoms with Gasteiger partial charge in [0.25, 0.3) is 11.1 Å². The highest BCUT2D eigenvalue weighted by atomic mass is 79.9. The summed E-state index contributed by atoms with van der Waals surface area (Å²) in [5.74, 6) is -0.523. The van der Waals surface area contributed by atoms with Crippen LogP contribution in [0, 0.1) is 0 Å². The van der Waals surface area contributed by atoms with E-state index in [1.807, 2.05) is 0 Å². The highest BCUT2D eigenvalue weighted by molar-refractivity contribution is 9.10. The molecule has 0 bridgehead atoms. The first kappa shape index (κ1) is 22.2. The van der Waals surface area contributed by atoms with Crippen LogP contribution >= 0.6 is 39.3 Å². The monoisotopic (exact) mass is 511 g/mol. The zero-order valence-corrected chi connectivity index (χ0v) is 18.5. The molecule has 0 unspecified atom stereocenters. The quantitative estimate of drug-likeness (QED) is 0.513. The molecule has 2 amide bonds. The Balaban J connectivity index is 1.62. The number of nitrogens with zero attached hydrogens (tertiary/aromatic N) is 1. The van der Waals surface area contributed by atoms with Gasteiger partial charge in [-0.3, -0.25) is 14.5 Å². The lowest BCUT2D eigenvalue weighted by Gasteiger charge is -2.13. The lowest BCUT2D eigenvalue weighted by Crippen LogP contribution is -2.32. The van der Waals surface area contributed by atoms with E-state index in [4.69, 9.17) is 26.2 Å². The Hall–Kier alpha value is -2.49. The number of imide groups is 1. The SMILES string of the molecule is O=C(O)COc1ccc(/C=C2\SC(=O)N(CCOc3ccc(Cl)cc3)C2=O)cc1Br. The number of hydrogen-bond acceptors (Lipinski definition) is 6. The first-order valence-electron chi connectivity index (χ1n) is 8.61. The van der Waals surface area contributed by atoms with Crippen LogP contribution in [0.15, 0.2) is 51.8 Å². The van der Waals surface area contributed by atoms with E-state index in [-0.39, 0.29) is 23.3 Å². The van der Waals surface area contributed by atoms with Crippen LogP contribution < -0.4 is 9.47 Å². The standard InChI is InChI=1S/C20H15BrClNO6S/c21-15-9-12(1-6-16(15)29-11-18(24)25)10-17-19(26)23(20(27)30-17)7-8-28-14-4-2-13(22)3-5-14/h1-6,9-10H,7-8,11H2,(H,24,25)/b17-10-. The number of hydrogen-bond donors (Lipinski definition) is 1. The topological polar surface area (TPSA) is 93.1 Å². The molecule has 2 aromatic carbocycles. The van der Waals surface area contributed by atoms with Crippen molar-refractivity contribution >= 4 is 62.5 Å². The Bertz CT molecular complexity index is 1010. The minimum Gasteiger partial charge on any atom is -0.492 e. The summed E-state index contributed by atoms with van der Waals surface area (Å²) in [4.78, 5) is 36.8. The molecule has 0 atom stereocenters. The first-order valence-corrected chi connectivity index (χ1v) is 10.6. The first-order chi connectivity index (χ1) is 14.3. The number of aliphatic carboxylic acids is 1. The van der Waals surface area contributed by atoms with Crippen molar-refractivity contribution in [2.45, 2.75) is 0 Å². The molecule has 1 N–H and O–H groups in total. The second-order valence-electron chi connectivity index (χ2n) is 6.01. The summed E-state index contributed by atoms with van der Waals surface area (Å²) < 4.78 is 11.2. The van der Waals surface area contributed by atoms with Gasteiger partial charge in [-0.15, -0.1) is 0 Å². The highest BCUT2D eigenvalue weighted by Crippen LogP contribution is 2.33. The van der Waals surface area contributed by atoms with Gasteiger partial charge in [0.2, 0.25) is 0 Å². The number of carboxylic acid groups (broad SMARTS) is 1. The molecule has 2 aromatic rings. The maximum Gasteiger partial charge on any atom is 0.341 e. The van der Waals surface area contributed by atoms with E-state index >= 15 is 0 Å². The fraction of sp³-hybridized carbons (Fsp3) is 0.150. The maximum atomic E-state index is 12.6. The Morgan fingerprint density at radius 1 is 1.17 bits per heavy atom. The van der Waals surface area contributed by atoms with Crippen LogP contribution in [0.5, 0.6) is 11.5 Å². The molecule has 1 saturated heterocycles. The third-order valence-electron chi connectivity index (χ3n) is 3.88. The number of benzene rings is 2. The van der Waals surface area contributed by atoms with Gasteiger partial charge >= 0.3 is 5.97 Å². The Labute approximate surface area is 189 Å². The molecule has 0 spiro atoms. The van der Waals surface area contributed by atoms with E-state index < -0.39 is 18.5 Å². The summed E-state index contributed by atoms with van der Waals surface area (Å²) in [6.07, 6.45) is 1.59. The molecular weight excluding hydrogens is 498 g/mol. The fourth-order valence-electron chi connectivity index (χ4n) is 2.49. The van der Waals surface area contributed by atoms with Crippen LogP contribution in [0.3, 0.4) is 0 Å². The summed E-state index contributed by atoms with van der Waals surface area (Å²) in [6.45, 7) is -0.181. The van der Waals surface area contributed by atoms with Crippen molar-refractivity contribution in [1.29, 1.82) is 0 Å². The number of thioether (sulfide) groups is 1. The number of carbonyl (C=O) groups is 3. The molecule has 7 nitrogen and oxygen atoms in total. The van der Waals surface area contributed by atoms with Crippen molar-refractivity contribution < 1.29 is 29.0 Å². The number of rotatable bonds is 8. The molecule has 30 heavy (non-hydrogen) atoms. The van der Waals surface area contributed by atoms with Crippen LogP contribution in [0.1, 0.15) is 5.56 Å². The number of halogens is 2. The number of carbonyl (C=O) groups excluding carboxylic acids is 2. The zero-order chi connectivity index (χ0) is 21.7. The van der Waals surface area contributed by atoms with Crippen molar-refractivity contribution in [3.8, 4) is 11.5 Å². The lowest BCUT2D eigenvalue weighted by atomic mass is 10.2. The minimum atomic E-state index is -1.08.